The monoisotopic (exact) mass is 257 g/mol. The number of hydrogen-bond donors (Lipinski definition) is 0. The first-order valence-electron chi connectivity index (χ1n) is 6.79. The van der Waals surface area contributed by atoms with E-state index in [1.165, 1.54) is 7.11 Å². The Labute approximate surface area is 108 Å². The van der Waals surface area contributed by atoms with Crippen LogP contribution in [0.5, 0.6) is 0 Å². The van der Waals surface area contributed by atoms with Gasteiger partial charge in [-0.25, -0.2) is 0 Å². The van der Waals surface area contributed by atoms with E-state index in [2.05, 4.69) is 4.90 Å². The van der Waals surface area contributed by atoms with Gasteiger partial charge in [-0.3, -0.25) is 9.69 Å². The normalized spacial score (nSPS) is 30.1. The highest BCUT2D eigenvalue weighted by Gasteiger charge is 2.27. The lowest BCUT2D eigenvalue weighted by atomic mass is 9.87. The molecule has 1 aliphatic carbocycles. The van der Waals surface area contributed by atoms with E-state index in [0.717, 1.165) is 52.0 Å². The zero-order valence-electron chi connectivity index (χ0n) is 11.1. The van der Waals surface area contributed by atoms with Gasteiger partial charge in [0, 0.05) is 13.1 Å². The van der Waals surface area contributed by atoms with Gasteiger partial charge in [-0.15, -0.1) is 0 Å². The molecule has 0 aromatic heterocycles. The molecule has 0 N–H and O–H groups in total. The minimum Gasteiger partial charge on any atom is -0.469 e. The number of hydrogen-bond acceptors (Lipinski definition) is 5. The van der Waals surface area contributed by atoms with Crippen LogP contribution in [-0.4, -0.2) is 57.1 Å². The Kier molecular flexibility index (Phi) is 5.41. The summed E-state index contributed by atoms with van der Waals surface area (Å²) in [7, 11) is 1.46. The molecule has 2 fully saturated rings. The lowest BCUT2D eigenvalue weighted by molar-refractivity contribution is -0.148. The minimum atomic E-state index is -0.0679. The molecular weight excluding hydrogens is 234 g/mol. The number of carbonyl (C=O) groups is 1. The molecule has 0 amide bonds. The van der Waals surface area contributed by atoms with E-state index < -0.39 is 0 Å². The quantitative estimate of drug-likeness (QED) is 0.704. The van der Waals surface area contributed by atoms with Gasteiger partial charge in [0.1, 0.15) is 0 Å². The van der Waals surface area contributed by atoms with Gasteiger partial charge in [-0.1, -0.05) is 0 Å². The highest BCUT2D eigenvalue weighted by Crippen LogP contribution is 2.27. The van der Waals surface area contributed by atoms with Crippen LogP contribution in [0, 0.1) is 5.92 Å². The van der Waals surface area contributed by atoms with Crippen molar-refractivity contribution in [3.05, 3.63) is 0 Å². The maximum absolute atomic E-state index is 11.4. The molecule has 1 heterocycles. The average molecular weight is 257 g/mol. The molecule has 5 heteroatoms. The van der Waals surface area contributed by atoms with E-state index in [0.29, 0.717) is 12.8 Å². The lowest BCUT2D eigenvalue weighted by Gasteiger charge is -2.31. The third-order valence-electron chi connectivity index (χ3n) is 3.81. The van der Waals surface area contributed by atoms with Crippen LogP contribution in [0.4, 0.5) is 0 Å². The van der Waals surface area contributed by atoms with Gasteiger partial charge >= 0.3 is 5.97 Å². The van der Waals surface area contributed by atoms with Crippen LogP contribution in [0.1, 0.15) is 25.7 Å². The Hall–Kier alpha value is -0.650. The second-order valence-electron chi connectivity index (χ2n) is 5.02. The molecular formula is C13H23NO4. The molecule has 5 nitrogen and oxygen atoms in total. The van der Waals surface area contributed by atoms with Crippen molar-refractivity contribution in [2.24, 2.45) is 5.92 Å². The average Bonchev–Trinajstić information content (AvgIpc) is 2.46. The van der Waals surface area contributed by atoms with Gasteiger partial charge in [0.2, 0.25) is 0 Å². The highest BCUT2D eigenvalue weighted by atomic mass is 16.5. The van der Waals surface area contributed by atoms with Crippen LogP contribution in [0.2, 0.25) is 0 Å². The van der Waals surface area contributed by atoms with Gasteiger partial charge in [-0.2, -0.15) is 0 Å². The third-order valence-corrected chi connectivity index (χ3v) is 3.81. The molecule has 1 saturated heterocycles. The van der Waals surface area contributed by atoms with Crippen molar-refractivity contribution in [1.82, 2.24) is 4.90 Å². The largest absolute Gasteiger partial charge is 0.469 e. The first kappa shape index (κ1) is 13.8. The Balaban J connectivity index is 1.62. The number of ether oxygens (including phenoxy) is 3. The smallest absolute Gasteiger partial charge is 0.308 e. The van der Waals surface area contributed by atoms with Crippen molar-refractivity contribution in [3.63, 3.8) is 0 Å². The van der Waals surface area contributed by atoms with Crippen molar-refractivity contribution in [1.29, 1.82) is 0 Å². The summed E-state index contributed by atoms with van der Waals surface area (Å²) in [5, 5.41) is 0. The number of nitrogens with zero attached hydrogens (tertiary/aromatic N) is 1. The van der Waals surface area contributed by atoms with Gasteiger partial charge in [0.15, 0.2) is 0 Å². The van der Waals surface area contributed by atoms with Gasteiger partial charge in [0.05, 0.1) is 39.1 Å². The predicted molar refractivity (Wildman–Crippen MR) is 66.1 cm³/mol. The van der Waals surface area contributed by atoms with E-state index >= 15 is 0 Å². The summed E-state index contributed by atoms with van der Waals surface area (Å²) in [5.41, 5.74) is 0. The van der Waals surface area contributed by atoms with Gasteiger partial charge in [-0.05, 0) is 25.7 Å². The van der Waals surface area contributed by atoms with Gasteiger partial charge < -0.3 is 14.2 Å². The fourth-order valence-corrected chi connectivity index (χ4v) is 2.57. The zero-order chi connectivity index (χ0) is 12.8. The van der Waals surface area contributed by atoms with Crippen LogP contribution in [0.3, 0.4) is 0 Å². The fraction of sp³-hybridized carbons (Fsp3) is 0.923. The molecule has 0 atom stereocenters. The van der Waals surface area contributed by atoms with Gasteiger partial charge in [0.25, 0.3) is 0 Å². The Morgan fingerprint density at radius 1 is 1.22 bits per heavy atom. The van der Waals surface area contributed by atoms with Crippen molar-refractivity contribution in [3.8, 4) is 0 Å². The maximum atomic E-state index is 11.4. The molecule has 0 unspecified atom stereocenters. The standard InChI is InChI=1S/C13H23NO4/c1-16-13(15)11-2-4-12(5-3-11)18-10-14-6-8-17-9-7-14/h11-12H,2-10H2,1H3. The Morgan fingerprint density at radius 3 is 2.50 bits per heavy atom. The first-order chi connectivity index (χ1) is 8.79. The Bertz CT molecular complexity index is 258. The molecule has 2 aliphatic rings. The minimum absolute atomic E-state index is 0.0679. The maximum Gasteiger partial charge on any atom is 0.308 e. The van der Waals surface area contributed by atoms with Crippen molar-refractivity contribution < 1.29 is 19.0 Å². The summed E-state index contributed by atoms with van der Waals surface area (Å²) in [5.74, 6) is 0.0138. The molecule has 0 aromatic carbocycles. The lowest BCUT2D eigenvalue weighted by Crippen LogP contribution is -2.39. The van der Waals surface area contributed by atoms with Crippen LogP contribution in [-0.2, 0) is 19.0 Å². The summed E-state index contributed by atoms with van der Waals surface area (Å²) < 4.78 is 16.0. The molecule has 1 saturated carbocycles. The summed E-state index contributed by atoms with van der Waals surface area (Å²) in [6.45, 7) is 4.21. The first-order valence-corrected chi connectivity index (χ1v) is 6.79. The van der Waals surface area contributed by atoms with E-state index in [4.69, 9.17) is 14.2 Å². The molecule has 0 bridgehead atoms. The van der Waals surface area contributed by atoms with E-state index in [9.17, 15) is 4.79 Å². The summed E-state index contributed by atoms with van der Waals surface area (Å²) in [6, 6.07) is 0. The van der Waals surface area contributed by atoms with Crippen molar-refractivity contribution in [2.45, 2.75) is 31.8 Å². The van der Waals surface area contributed by atoms with Crippen LogP contribution in [0.25, 0.3) is 0 Å². The zero-order valence-corrected chi connectivity index (χ0v) is 11.1. The molecule has 0 spiro atoms. The van der Waals surface area contributed by atoms with Crippen molar-refractivity contribution >= 4 is 5.97 Å². The van der Waals surface area contributed by atoms with Crippen LogP contribution >= 0.6 is 0 Å². The second kappa shape index (κ2) is 7.07. The summed E-state index contributed by atoms with van der Waals surface area (Å²) in [4.78, 5) is 13.7. The molecule has 18 heavy (non-hydrogen) atoms. The molecule has 0 radical (unpaired) electrons. The molecule has 2 rings (SSSR count). The van der Waals surface area contributed by atoms with Crippen LogP contribution in [0.15, 0.2) is 0 Å². The number of rotatable bonds is 4. The molecule has 0 aromatic rings. The van der Waals surface area contributed by atoms with Crippen molar-refractivity contribution in [2.75, 3.05) is 40.1 Å². The highest BCUT2D eigenvalue weighted by molar-refractivity contribution is 5.72. The van der Waals surface area contributed by atoms with Crippen LogP contribution < -0.4 is 0 Å². The fourth-order valence-electron chi connectivity index (χ4n) is 2.57. The number of methoxy groups -OCH3 is 1. The molecule has 104 valence electrons. The number of morpholine rings is 1. The molecule has 1 aliphatic heterocycles. The Morgan fingerprint density at radius 2 is 1.89 bits per heavy atom. The third kappa shape index (κ3) is 3.93. The number of esters is 1. The topological polar surface area (TPSA) is 48.0 Å². The summed E-state index contributed by atoms with van der Waals surface area (Å²) in [6.07, 6.45) is 4.00. The predicted octanol–water partition coefficient (Wildman–Crippen LogP) is 1.02. The SMILES string of the molecule is COC(=O)C1CCC(OCN2CCOCC2)CC1. The van der Waals surface area contributed by atoms with E-state index in [1.54, 1.807) is 0 Å². The second-order valence-corrected chi connectivity index (χ2v) is 5.02. The summed E-state index contributed by atoms with van der Waals surface area (Å²) >= 11 is 0. The van der Waals surface area contributed by atoms with E-state index in [1.807, 2.05) is 0 Å². The number of carbonyl (C=O) groups excluding carboxylic acids is 1. The van der Waals surface area contributed by atoms with E-state index in [-0.39, 0.29) is 11.9 Å².